The minimum atomic E-state index is -0.965. The Kier molecular flexibility index (Phi) is 3.11. The quantitative estimate of drug-likeness (QED) is 0.872. The maximum atomic E-state index is 11.2. The van der Waals surface area contributed by atoms with Crippen LogP contribution in [0.1, 0.15) is 21.5 Å². The van der Waals surface area contributed by atoms with Crippen molar-refractivity contribution < 1.29 is 9.90 Å². The highest BCUT2D eigenvalue weighted by atomic mass is 16.4. The number of nitrogens with zero attached hydrogens (tertiary/aromatic N) is 1. The maximum absolute atomic E-state index is 11.2. The van der Waals surface area contributed by atoms with Gasteiger partial charge >= 0.3 is 5.97 Å². The van der Waals surface area contributed by atoms with Gasteiger partial charge in [-0.15, -0.1) is 0 Å². The van der Waals surface area contributed by atoms with E-state index in [0.29, 0.717) is 11.1 Å². The Morgan fingerprint density at radius 3 is 2.67 bits per heavy atom. The van der Waals surface area contributed by atoms with Crippen LogP contribution in [0.25, 0.3) is 11.1 Å². The van der Waals surface area contributed by atoms with Crippen molar-refractivity contribution in [3.63, 3.8) is 0 Å². The van der Waals surface area contributed by atoms with E-state index in [9.17, 15) is 9.90 Å². The number of aryl methyl sites for hydroxylation is 1. The van der Waals surface area contributed by atoms with Crippen LogP contribution >= 0.6 is 0 Å². The maximum Gasteiger partial charge on any atom is 0.336 e. The van der Waals surface area contributed by atoms with Crippen LogP contribution in [-0.4, -0.2) is 11.1 Å². The fourth-order valence-electron chi connectivity index (χ4n) is 1.84. The molecule has 0 spiro atoms. The summed E-state index contributed by atoms with van der Waals surface area (Å²) in [6.45, 7) is 1.91. The SMILES string of the molecule is Cc1ccc(C(=O)O)c(-c2cccc(C#N)c2)c1. The molecule has 0 amide bonds. The van der Waals surface area contributed by atoms with Crippen LogP contribution in [0.15, 0.2) is 42.5 Å². The molecule has 88 valence electrons. The number of hydrogen-bond acceptors (Lipinski definition) is 2. The molecule has 0 saturated carbocycles. The Hall–Kier alpha value is -2.60. The molecule has 3 heteroatoms. The van der Waals surface area contributed by atoms with Gasteiger partial charge in [-0.2, -0.15) is 5.26 Å². The van der Waals surface area contributed by atoms with E-state index in [-0.39, 0.29) is 5.56 Å². The van der Waals surface area contributed by atoms with Gasteiger partial charge in [-0.05, 0) is 36.2 Å². The summed E-state index contributed by atoms with van der Waals surface area (Å²) in [5.41, 5.74) is 3.13. The lowest BCUT2D eigenvalue weighted by Gasteiger charge is -2.08. The second kappa shape index (κ2) is 4.72. The standard InChI is InChI=1S/C15H11NO2/c1-10-5-6-13(15(17)18)14(7-10)12-4-2-3-11(8-12)9-16/h2-8H,1H3,(H,17,18). The second-order valence-corrected chi connectivity index (χ2v) is 4.05. The lowest BCUT2D eigenvalue weighted by Crippen LogP contribution is -2.00. The molecule has 0 bridgehead atoms. The molecule has 0 aliphatic rings. The first-order valence-electron chi connectivity index (χ1n) is 5.46. The van der Waals surface area contributed by atoms with Crippen LogP contribution in [0.3, 0.4) is 0 Å². The Bertz CT molecular complexity index is 654. The summed E-state index contributed by atoms with van der Waals surface area (Å²) in [6, 6.07) is 14.2. The van der Waals surface area contributed by atoms with Gasteiger partial charge in [0.05, 0.1) is 17.2 Å². The molecular formula is C15H11NO2. The molecule has 0 atom stereocenters. The van der Waals surface area contributed by atoms with Crippen molar-refractivity contribution in [2.45, 2.75) is 6.92 Å². The third kappa shape index (κ3) is 2.23. The minimum Gasteiger partial charge on any atom is -0.478 e. The zero-order valence-electron chi connectivity index (χ0n) is 9.84. The fraction of sp³-hybridized carbons (Fsp3) is 0.0667. The van der Waals surface area contributed by atoms with Gasteiger partial charge in [0.2, 0.25) is 0 Å². The summed E-state index contributed by atoms with van der Waals surface area (Å²) in [7, 11) is 0. The summed E-state index contributed by atoms with van der Waals surface area (Å²) in [5.74, 6) is -0.965. The van der Waals surface area contributed by atoms with E-state index in [1.54, 1.807) is 30.3 Å². The van der Waals surface area contributed by atoms with Crippen molar-refractivity contribution in [1.29, 1.82) is 5.26 Å². The number of carboxylic acid groups (broad SMARTS) is 1. The molecule has 1 N–H and O–H groups in total. The third-order valence-corrected chi connectivity index (χ3v) is 2.71. The number of nitriles is 1. The van der Waals surface area contributed by atoms with E-state index < -0.39 is 5.97 Å². The zero-order valence-corrected chi connectivity index (χ0v) is 9.84. The summed E-state index contributed by atoms with van der Waals surface area (Å²) in [6.07, 6.45) is 0. The van der Waals surface area contributed by atoms with Gasteiger partial charge in [-0.3, -0.25) is 0 Å². The predicted octanol–water partition coefficient (Wildman–Crippen LogP) is 3.23. The third-order valence-electron chi connectivity index (χ3n) is 2.71. The van der Waals surface area contributed by atoms with E-state index in [1.165, 1.54) is 0 Å². The first-order chi connectivity index (χ1) is 8.61. The molecule has 0 fully saturated rings. The van der Waals surface area contributed by atoms with Crippen LogP contribution < -0.4 is 0 Å². The molecule has 2 rings (SSSR count). The first-order valence-corrected chi connectivity index (χ1v) is 5.46. The van der Waals surface area contributed by atoms with Crippen LogP contribution in [0.4, 0.5) is 0 Å². The number of benzene rings is 2. The van der Waals surface area contributed by atoms with Crippen molar-refractivity contribution in [1.82, 2.24) is 0 Å². The highest BCUT2D eigenvalue weighted by Gasteiger charge is 2.11. The molecule has 2 aromatic carbocycles. The van der Waals surface area contributed by atoms with Gasteiger partial charge in [-0.1, -0.05) is 29.8 Å². The molecule has 0 aliphatic carbocycles. The van der Waals surface area contributed by atoms with Crippen LogP contribution in [0.2, 0.25) is 0 Å². The first kappa shape index (κ1) is 11.9. The number of carboxylic acids is 1. The second-order valence-electron chi connectivity index (χ2n) is 4.05. The molecule has 0 unspecified atom stereocenters. The lowest BCUT2D eigenvalue weighted by atomic mass is 9.96. The number of rotatable bonds is 2. The Labute approximate surface area is 105 Å². The van der Waals surface area contributed by atoms with Crippen molar-refractivity contribution >= 4 is 5.97 Å². The molecule has 0 radical (unpaired) electrons. The van der Waals surface area contributed by atoms with Crippen molar-refractivity contribution in [3.8, 4) is 17.2 Å². The molecule has 0 saturated heterocycles. The van der Waals surface area contributed by atoms with E-state index in [4.69, 9.17) is 5.26 Å². The summed E-state index contributed by atoms with van der Waals surface area (Å²) >= 11 is 0. The van der Waals surface area contributed by atoms with E-state index >= 15 is 0 Å². The van der Waals surface area contributed by atoms with Crippen LogP contribution in [0, 0.1) is 18.3 Å². The van der Waals surface area contributed by atoms with E-state index in [2.05, 4.69) is 6.07 Å². The Morgan fingerprint density at radius 2 is 2.00 bits per heavy atom. The number of hydrogen-bond donors (Lipinski definition) is 1. The van der Waals surface area contributed by atoms with Gasteiger partial charge in [0.25, 0.3) is 0 Å². The van der Waals surface area contributed by atoms with Gasteiger partial charge < -0.3 is 5.11 Å². The summed E-state index contributed by atoms with van der Waals surface area (Å²) in [5, 5.41) is 18.1. The molecule has 0 aliphatic heterocycles. The number of carbonyl (C=O) groups is 1. The van der Waals surface area contributed by atoms with Crippen molar-refractivity contribution in [3.05, 3.63) is 59.2 Å². The highest BCUT2D eigenvalue weighted by molar-refractivity contribution is 5.96. The Morgan fingerprint density at radius 1 is 1.22 bits per heavy atom. The lowest BCUT2D eigenvalue weighted by molar-refractivity contribution is 0.0697. The summed E-state index contributed by atoms with van der Waals surface area (Å²) < 4.78 is 0. The average Bonchev–Trinajstić information content (AvgIpc) is 2.38. The highest BCUT2D eigenvalue weighted by Crippen LogP contribution is 2.25. The molecule has 18 heavy (non-hydrogen) atoms. The molecule has 0 heterocycles. The van der Waals surface area contributed by atoms with Crippen molar-refractivity contribution in [2.75, 3.05) is 0 Å². The molecule has 2 aromatic rings. The molecular weight excluding hydrogens is 226 g/mol. The van der Waals surface area contributed by atoms with Gasteiger partial charge in [0, 0.05) is 0 Å². The smallest absolute Gasteiger partial charge is 0.336 e. The topological polar surface area (TPSA) is 61.1 Å². The normalized spacial score (nSPS) is 9.78. The van der Waals surface area contributed by atoms with E-state index in [1.807, 2.05) is 19.1 Å². The van der Waals surface area contributed by atoms with Gasteiger partial charge in [0.1, 0.15) is 0 Å². The largest absolute Gasteiger partial charge is 0.478 e. The monoisotopic (exact) mass is 237 g/mol. The minimum absolute atomic E-state index is 0.246. The fourth-order valence-corrected chi connectivity index (χ4v) is 1.84. The number of aromatic carboxylic acids is 1. The van der Waals surface area contributed by atoms with Crippen LogP contribution in [0.5, 0.6) is 0 Å². The zero-order chi connectivity index (χ0) is 13.1. The molecule has 0 aromatic heterocycles. The van der Waals surface area contributed by atoms with Crippen molar-refractivity contribution in [2.24, 2.45) is 0 Å². The van der Waals surface area contributed by atoms with Gasteiger partial charge in [0.15, 0.2) is 0 Å². The summed E-state index contributed by atoms with van der Waals surface area (Å²) in [4.78, 5) is 11.2. The van der Waals surface area contributed by atoms with Crippen LogP contribution in [-0.2, 0) is 0 Å². The molecule has 3 nitrogen and oxygen atoms in total. The predicted molar refractivity (Wildman–Crippen MR) is 68.3 cm³/mol. The van der Waals surface area contributed by atoms with Gasteiger partial charge in [-0.25, -0.2) is 4.79 Å². The van der Waals surface area contributed by atoms with E-state index in [0.717, 1.165) is 11.1 Å². The Balaban J connectivity index is 2.66. The average molecular weight is 237 g/mol.